The van der Waals surface area contributed by atoms with Crippen LogP contribution in [0, 0.1) is 0 Å². The molecule has 2 unspecified atom stereocenters. The number of unbranched alkanes of at least 4 members (excludes halogenated alkanes) is 32. The summed E-state index contributed by atoms with van der Waals surface area (Å²) in [6.07, 6.45) is 57.5. The van der Waals surface area contributed by atoms with Gasteiger partial charge in [0, 0.05) is 12.8 Å². The highest BCUT2D eigenvalue weighted by Crippen LogP contribution is 2.16. The predicted molar refractivity (Wildman–Crippen MR) is 283 cm³/mol. The molecular weight excluding hydrogens is 851 g/mol. The normalized spacial score (nSPS) is 13.0. The van der Waals surface area contributed by atoms with Crippen LogP contribution in [0.1, 0.15) is 264 Å². The van der Waals surface area contributed by atoms with Crippen molar-refractivity contribution >= 4 is 17.9 Å². The molecule has 68 heavy (non-hydrogen) atoms. The lowest BCUT2D eigenvalue weighted by Gasteiger charge is -2.26. The number of quaternary nitrogens is 1. The van der Waals surface area contributed by atoms with Gasteiger partial charge in [0.15, 0.2) is 12.4 Å². The summed E-state index contributed by atoms with van der Waals surface area (Å²) in [6.45, 7) is 4.76. The van der Waals surface area contributed by atoms with Crippen LogP contribution in [0.4, 0.5) is 0 Å². The largest absolute Gasteiger partial charge is 0.545 e. The molecule has 0 heterocycles. The highest BCUT2D eigenvalue weighted by Gasteiger charge is 2.22. The minimum absolute atomic E-state index is 0.148. The van der Waals surface area contributed by atoms with Crippen molar-refractivity contribution in [1.29, 1.82) is 0 Å². The number of hydrogen-bond donors (Lipinski definition) is 0. The molecule has 0 aromatic heterocycles. The lowest BCUT2D eigenvalue weighted by molar-refractivity contribution is -0.870. The summed E-state index contributed by atoms with van der Waals surface area (Å²) >= 11 is 0. The van der Waals surface area contributed by atoms with Gasteiger partial charge in [0.25, 0.3) is 0 Å². The third-order valence-corrected chi connectivity index (χ3v) is 12.6. The Morgan fingerprint density at radius 3 is 1.18 bits per heavy atom. The Kier molecular flexibility index (Phi) is 49.0. The van der Waals surface area contributed by atoms with E-state index in [-0.39, 0.29) is 38.6 Å². The zero-order valence-corrected chi connectivity index (χ0v) is 45.2. The van der Waals surface area contributed by atoms with Crippen molar-refractivity contribution < 1.29 is 42.9 Å². The number of nitrogens with zero attached hydrogens (tertiary/aromatic N) is 1. The summed E-state index contributed by atoms with van der Waals surface area (Å²) < 4.78 is 22.7. The van der Waals surface area contributed by atoms with Gasteiger partial charge < -0.3 is 33.3 Å². The molecule has 398 valence electrons. The van der Waals surface area contributed by atoms with Crippen LogP contribution in [0.3, 0.4) is 0 Å². The average molecular weight is 961 g/mol. The first-order chi connectivity index (χ1) is 33.1. The molecule has 0 saturated carbocycles. The van der Waals surface area contributed by atoms with Gasteiger partial charge in [0.1, 0.15) is 13.2 Å². The van der Waals surface area contributed by atoms with E-state index >= 15 is 0 Å². The molecule has 0 fully saturated rings. The first-order valence-electron chi connectivity index (χ1n) is 28.6. The molecule has 0 saturated heterocycles. The summed E-state index contributed by atoms with van der Waals surface area (Å²) in [6, 6.07) is 0. The van der Waals surface area contributed by atoms with Gasteiger partial charge in [-0.1, -0.05) is 217 Å². The summed E-state index contributed by atoms with van der Waals surface area (Å²) in [5, 5.41) is 11.8. The lowest BCUT2D eigenvalue weighted by Crippen LogP contribution is -2.44. The van der Waals surface area contributed by atoms with Gasteiger partial charge in [-0.3, -0.25) is 9.59 Å². The first-order valence-corrected chi connectivity index (χ1v) is 28.6. The number of carboxylic acids is 1. The Balaban J connectivity index is 4.24. The standard InChI is InChI=1S/C59H109NO8/c1-6-8-10-12-14-16-18-20-22-24-26-27-28-29-30-31-32-34-36-38-40-42-44-46-48-50-57(62)68-55(54-67-59(58(63)64)65-52-51-60(3,4)5)53-66-56(61)49-47-45-43-41-39-37-35-33-25-23-21-19-17-15-13-11-9-7-2/h18,20,23-26,55,59H,6-17,19,21-22,27-54H2,1-5H3/b20-18-,25-23-,26-24-. The predicted octanol–water partition coefficient (Wildman–Crippen LogP) is 15.2. The van der Waals surface area contributed by atoms with Gasteiger partial charge in [-0.2, -0.15) is 0 Å². The van der Waals surface area contributed by atoms with E-state index in [0.29, 0.717) is 17.4 Å². The van der Waals surface area contributed by atoms with Crippen LogP contribution in [0.25, 0.3) is 0 Å². The van der Waals surface area contributed by atoms with Crippen molar-refractivity contribution in [3.05, 3.63) is 36.5 Å². The van der Waals surface area contributed by atoms with Crippen LogP contribution in [0.5, 0.6) is 0 Å². The zero-order valence-electron chi connectivity index (χ0n) is 45.2. The van der Waals surface area contributed by atoms with E-state index in [4.69, 9.17) is 18.9 Å². The van der Waals surface area contributed by atoms with Crippen LogP contribution in [0.15, 0.2) is 36.5 Å². The van der Waals surface area contributed by atoms with E-state index in [2.05, 4.69) is 50.3 Å². The number of carbonyl (C=O) groups excluding carboxylic acids is 3. The number of allylic oxidation sites excluding steroid dienone is 6. The fourth-order valence-electron chi connectivity index (χ4n) is 8.15. The second-order valence-electron chi connectivity index (χ2n) is 20.6. The van der Waals surface area contributed by atoms with E-state index in [0.717, 1.165) is 38.5 Å². The number of aliphatic carboxylic acids is 1. The molecule has 0 amide bonds. The Bertz CT molecular complexity index is 1210. The fraction of sp³-hybridized carbons (Fsp3) is 0.847. The molecule has 0 aliphatic heterocycles. The van der Waals surface area contributed by atoms with Crippen molar-refractivity contribution in [1.82, 2.24) is 0 Å². The number of likely N-dealkylation sites (N-methyl/N-ethyl adjacent to an activating group) is 1. The van der Waals surface area contributed by atoms with E-state index in [1.54, 1.807) is 0 Å². The third-order valence-electron chi connectivity index (χ3n) is 12.6. The van der Waals surface area contributed by atoms with E-state index in [1.807, 2.05) is 21.1 Å². The molecule has 0 aliphatic rings. The Hall–Kier alpha value is -2.49. The summed E-state index contributed by atoms with van der Waals surface area (Å²) in [7, 11) is 5.92. The summed E-state index contributed by atoms with van der Waals surface area (Å²) in [4.78, 5) is 37.3. The second-order valence-corrected chi connectivity index (χ2v) is 20.6. The minimum atomic E-state index is -1.62. The Morgan fingerprint density at radius 1 is 0.441 bits per heavy atom. The number of ether oxygens (including phenoxy) is 4. The molecule has 0 radical (unpaired) electrons. The molecule has 0 rings (SSSR count). The lowest BCUT2D eigenvalue weighted by atomic mass is 10.0. The number of carbonyl (C=O) groups is 3. The summed E-state index contributed by atoms with van der Waals surface area (Å²) in [5.74, 6) is -2.28. The van der Waals surface area contributed by atoms with Gasteiger partial charge in [-0.05, 0) is 70.6 Å². The molecule has 9 heteroatoms. The van der Waals surface area contributed by atoms with Crippen molar-refractivity contribution in [2.45, 2.75) is 277 Å². The molecule has 0 aromatic carbocycles. The van der Waals surface area contributed by atoms with E-state index in [9.17, 15) is 19.5 Å². The van der Waals surface area contributed by atoms with Crippen molar-refractivity contribution in [3.63, 3.8) is 0 Å². The average Bonchev–Trinajstić information content (AvgIpc) is 3.30. The minimum Gasteiger partial charge on any atom is -0.545 e. The van der Waals surface area contributed by atoms with Crippen molar-refractivity contribution in [2.75, 3.05) is 47.5 Å². The number of carboxylic acid groups (broad SMARTS) is 1. The summed E-state index contributed by atoms with van der Waals surface area (Å²) in [5.41, 5.74) is 0. The molecule has 2 atom stereocenters. The van der Waals surface area contributed by atoms with Crippen molar-refractivity contribution in [2.24, 2.45) is 0 Å². The number of hydrogen-bond acceptors (Lipinski definition) is 8. The van der Waals surface area contributed by atoms with Crippen LogP contribution < -0.4 is 5.11 Å². The van der Waals surface area contributed by atoms with Gasteiger partial charge in [0.2, 0.25) is 0 Å². The Labute approximate surface area is 420 Å². The Morgan fingerprint density at radius 2 is 0.794 bits per heavy atom. The highest BCUT2D eigenvalue weighted by molar-refractivity contribution is 5.70. The smallest absolute Gasteiger partial charge is 0.306 e. The quantitative estimate of drug-likeness (QED) is 0.0195. The van der Waals surface area contributed by atoms with Crippen LogP contribution in [0.2, 0.25) is 0 Å². The fourth-order valence-corrected chi connectivity index (χ4v) is 8.15. The van der Waals surface area contributed by atoms with E-state index < -0.39 is 24.3 Å². The highest BCUT2D eigenvalue weighted by atomic mass is 16.7. The molecule has 9 nitrogen and oxygen atoms in total. The zero-order chi connectivity index (χ0) is 49.9. The SMILES string of the molecule is CCCCCCC/C=C\C/C=C\CCCCCCCCCCCCCCCC(=O)OC(COC(=O)CCCCCCCCC/C=C\CCCCCCCCC)COC(OCC[N+](C)(C)C)C(=O)[O-]. The number of rotatable bonds is 53. The van der Waals surface area contributed by atoms with Gasteiger partial charge in [-0.15, -0.1) is 0 Å². The topological polar surface area (TPSA) is 111 Å². The van der Waals surface area contributed by atoms with Gasteiger partial charge in [-0.25, -0.2) is 0 Å². The molecule has 0 aromatic rings. The van der Waals surface area contributed by atoms with Crippen LogP contribution >= 0.6 is 0 Å². The van der Waals surface area contributed by atoms with Crippen LogP contribution in [-0.2, 0) is 33.3 Å². The van der Waals surface area contributed by atoms with Crippen molar-refractivity contribution in [3.8, 4) is 0 Å². The second kappa shape index (κ2) is 50.9. The maximum absolute atomic E-state index is 12.9. The third kappa shape index (κ3) is 51.4. The van der Waals surface area contributed by atoms with Crippen LogP contribution in [-0.4, -0.2) is 82.3 Å². The molecule has 0 N–H and O–H groups in total. The molecule has 0 spiro atoms. The molecule has 0 aliphatic carbocycles. The maximum atomic E-state index is 12.9. The monoisotopic (exact) mass is 960 g/mol. The molecular formula is C59H109NO8. The first kappa shape index (κ1) is 65.5. The van der Waals surface area contributed by atoms with Gasteiger partial charge >= 0.3 is 11.9 Å². The van der Waals surface area contributed by atoms with E-state index in [1.165, 1.54) is 193 Å². The molecule has 0 bridgehead atoms. The number of esters is 2. The van der Waals surface area contributed by atoms with Gasteiger partial charge in [0.05, 0.1) is 40.3 Å². The maximum Gasteiger partial charge on any atom is 0.306 e.